The molecule has 4 heteroatoms. The molecule has 1 amide bonds. The van der Waals surface area contributed by atoms with Gasteiger partial charge in [-0.3, -0.25) is 4.79 Å². The van der Waals surface area contributed by atoms with E-state index in [4.69, 9.17) is 0 Å². The molecule has 20 heavy (non-hydrogen) atoms. The summed E-state index contributed by atoms with van der Waals surface area (Å²) >= 11 is 0. The van der Waals surface area contributed by atoms with Crippen LogP contribution in [0.4, 0.5) is 4.39 Å². The lowest BCUT2D eigenvalue weighted by Gasteiger charge is -2.36. The summed E-state index contributed by atoms with van der Waals surface area (Å²) in [5.74, 6) is -0.243. The zero-order chi connectivity index (χ0) is 14.5. The van der Waals surface area contributed by atoms with Crippen molar-refractivity contribution in [3.63, 3.8) is 0 Å². The van der Waals surface area contributed by atoms with Crippen LogP contribution in [0.25, 0.3) is 0 Å². The zero-order valence-electron chi connectivity index (χ0n) is 12.3. The predicted octanol–water partition coefficient (Wildman–Crippen LogP) is 2.74. The molecule has 1 unspecified atom stereocenters. The normalized spacial score (nSPS) is 19.1. The molecule has 2 rings (SSSR count). The Labute approximate surface area is 120 Å². The molecular weight excluding hydrogens is 255 g/mol. The Kier molecular flexibility index (Phi) is 5.12. The number of rotatable bonds is 4. The molecular formula is C16H23FN2O. The van der Waals surface area contributed by atoms with E-state index in [0.717, 1.165) is 32.4 Å². The molecule has 1 aromatic carbocycles. The smallest absolute Gasteiger partial charge is 0.254 e. The van der Waals surface area contributed by atoms with Crippen LogP contribution in [-0.4, -0.2) is 37.0 Å². The Hall–Kier alpha value is -1.42. The van der Waals surface area contributed by atoms with Crippen molar-refractivity contribution in [2.75, 3.05) is 20.1 Å². The van der Waals surface area contributed by atoms with Gasteiger partial charge in [-0.15, -0.1) is 0 Å². The molecule has 1 aromatic rings. The number of carbonyl (C=O) groups excluding carboxylic acids is 1. The van der Waals surface area contributed by atoms with Crippen LogP contribution in [0, 0.1) is 12.7 Å². The zero-order valence-corrected chi connectivity index (χ0v) is 12.3. The van der Waals surface area contributed by atoms with E-state index in [-0.39, 0.29) is 11.7 Å². The number of halogens is 1. The summed E-state index contributed by atoms with van der Waals surface area (Å²) in [6.07, 6.45) is 4.28. The van der Waals surface area contributed by atoms with Gasteiger partial charge in [0, 0.05) is 18.2 Å². The van der Waals surface area contributed by atoms with Gasteiger partial charge in [0.05, 0.1) is 0 Å². The molecule has 1 atom stereocenters. The summed E-state index contributed by atoms with van der Waals surface area (Å²) in [5, 5.41) is 3.15. The second-order valence-corrected chi connectivity index (χ2v) is 5.50. The molecule has 3 nitrogen and oxygen atoms in total. The number of aryl methyl sites for hydroxylation is 1. The average molecular weight is 278 g/mol. The maximum atomic E-state index is 13.2. The van der Waals surface area contributed by atoms with Gasteiger partial charge in [-0.05, 0) is 70.0 Å². The maximum absolute atomic E-state index is 13.2. The predicted molar refractivity (Wildman–Crippen MR) is 78.4 cm³/mol. The molecule has 1 N–H and O–H groups in total. The van der Waals surface area contributed by atoms with E-state index in [1.54, 1.807) is 13.0 Å². The van der Waals surface area contributed by atoms with Gasteiger partial charge in [0.1, 0.15) is 5.82 Å². The average Bonchev–Trinajstić information content (AvgIpc) is 2.45. The largest absolute Gasteiger partial charge is 0.336 e. The van der Waals surface area contributed by atoms with Gasteiger partial charge in [-0.1, -0.05) is 0 Å². The first-order valence-electron chi connectivity index (χ1n) is 7.35. The molecule has 1 heterocycles. The van der Waals surface area contributed by atoms with Gasteiger partial charge in [0.15, 0.2) is 0 Å². The molecule has 0 bridgehead atoms. The second-order valence-electron chi connectivity index (χ2n) is 5.50. The summed E-state index contributed by atoms with van der Waals surface area (Å²) in [6, 6.07) is 4.71. The number of amides is 1. The standard InChI is InChI=1S/C16H23FN2O/c1-12-11-13(17)6-7-15(12)16(20)19-10-4-3-5-14(19)8-9-18-2/h6-7,11,14,18H,3-5,8-10H2,1-2H3. The summed E-state index contributed by atoms with van der Waals surface area (Å²) in [7, 11) is 1.93. The van der Waals surface area contributed by atoms with Crippen molar-refractivity contribution in [1.29, 1.82) is 0 Å². The van der Waals surface area contributed by atoms with Crippen LogP contribution in [0.2, 0.25) is 0 Å². The fraction of sp³-hybridized carbons (Fsp3) is 0.562. The van der Waals surface area contributed by atoms with Gasteiger partial charge >= 0.3 is 0 Å². The van der Waals surface area contributed by atoms with E-state index in [0.29, 0.717) is 17.2 Å². The van der Waals surface area contributed by atoms with E-state index in [2.05, 4.69) is 5.32 Å². The molecule has 110 valence electrons. The van der Waals surface area contributed by atoms with Crippen LogP contribution in [0.3, 0.4) is 0 Å². The van der Waals surface area contributed by atoms with E-state index in [1.807, 2.05) is 11.9 Å². The first-order valence-corrected chi connectivity index (χ1v) is 7.35. The van der Waals surface area contributed by atoms with E-state index in [1.165, 1.54) is 18.6 Å². The number of hydrogen-bond donors (Lipinski definition) is 1. The number of hydrogen-bond acceptors (Lipinski definition) is 2. The van der Waals surface area contributed by atoms with Crippen molar-refractivity contribution in [2.45, 2.75) is 38.6 Å². The molecule has 1 aliphatic rings. The number of nitrogens with zero attached hydrogens (tertiary/aromatic N) is 1. The third-order valence-electron chi connectivity index (χ3n) is 4.03. The molecule has 0 spiro atoms. The quantitative estimate of drug-likeness (QED) is 0.918. The highest BCUT2D eigenvalue weighted by Gasteiger charge is 2.27. The van der Waals surface area contributed by atoms with Crippen LogP contribution < -0.4 is 5.32 Å². The highest BCUT2D eigenvalue weighted by Crippen LogP contribution is 2.23. The number of piperidine rings is 1. The van der Waals surface area contributed by atoms with Crippen LogP contribution in [0.15, 0.2) is 18.2 Å². The highest BCUT2D eigenvalue weighted by molar-refractivity contribution is 5.95. The van der Waals surface area contributed by atoms with E-state index >= 15 is 0 Å². The molecule has 0 radical (unpaired) electrons. The fourth-order valence-electron chi connectivity index (χ4n) is 2.90. The van der Waals surface area contributed by atoms with Crippen LogP contribution >= 0.6 is 0 Å². The third-order valence-corrected chi connectivity index (χ3v) is 4.03. The lowest BCUT2D eigenvalue weighted by molar-refractivity contribution is 0.0602. The van der Waals surface area contributed by atoms with Crippen molar-refractivity contribution in [3.05, 3.63) is 35.1 Å². The Balaban J connectivity index is 2.16. The van der Waals surface area contributed by atoms with E-state index < -0.39 is 0 Å². The maximum Gasteiger partial charge on any atom is 0.254 e. The van der Waals surface area contributed by atoms with Crippen LogP contribution in [-0.2, 0) is 0 Å². The summed E-state index contributed by atoms with van der Waals surface area (Å²) in [4.78, 5) is 14.7. The van der Waals surface area contributed by atoms with Gasteiger partial charge in [0.25, 0.3) is 5.91 Å². The summed E-state index contributed by atoms with van der Waals surface area (Å²) in [6.45, 7) is 3.52. The first kappa shape index (κ1) is 15.0. The Morgan fingerprint density at radius 1 is 1.45 bits per heavy atom. The van der Waals surface area contributed by atoms with Crippen molar-refractivity contribution < 1.29 is 9.18 Å². The fourth-order valence-corrected chi connectivity index (χ4v) is 2.90. The van der Waals surface area contributed by atoms with Crippen LogP contribution in [0.5, 0.6) is 0 Å². The Morgan fingerprint density at radius 2 is 2.25 bits per heavy atom. The molecule has 0 saturated carbocycles. The monoisotopic (exact) mass is 278 g/mol. The molecule has 1 saturated heterocycles. The minimum Gasteiger partial charge on any atom is -0.336 e. The first-order chi connectivity index (χ1) is 9.63. The van der Waals surface area contributed by atoms with Crippen molar-refractivity contribution in [3.8, 4) is 0 Å². The number of benzene rings is 1. The lowest BCUT2D eigenvalue weighted by atomic mass is 9.97. The molecule has 0 aromatic heterocycles. The van der Waals surface area contributed by atoms with Crippen molar-refractivity contribution >= 4 is 5.91 Å². The Morgan fingerprint density at radius 3 is 2.95 bits per heavy atom. The summed E-state index contributed by atoms with van der Waals surface area (Å²) in [5.41, 5.74) is 1.34. The molecule has 1 fully saturated rings. The number of likely N-dealkylation sites (tertiary alicyclic amines) is 1. The Bertz CT molecular complexity index is 476. The van der Waals surface area contributed by atoms with Crippen LogP contribution in [0.1, 0.15) is 41.6 Å². The van der Waals surface area contributed by atoms with Gasteiger partial charge in [-0.2, -0.15) is 0 Å². The lowest BCUT2D eigenvalue weighted by Crippen LogP contribution is -2.45. The minimum absolute atomic E-state index is 0.0447. The highest BCUT2D eigenvalue weighted by atomic mass is 19.1. The van der Waals surface area contributed by atoms with Gasteiger partial charge in [-0.25, -0.2) is 4.39 Å². The topological polar surface area (TPSA) is 32.3 Å². The molecule has 0 aliphatic carbocycles. The second kappa shape index (κ2) is 6.84. The number of nitrogens with one attached hydrogen (secondary N) is 1. The summed E-state index contributed by atoms with van der Waals surface area (Å²) < 4.78 is 13.2. The molecule has 1 aliphatic heterocycles. The SMILES string of the molecule is CNCCC1CCCCN1C(=O)c1ccc(F)cc1C. The van der Waals surface area contributed by atoms with Crippen molar-refractivity contribution in [2.24, 2.45) is 0 Å². The third kappa shape index (κ3) is 3.37. The number of carbonyl (C=O) groups is 1. The van der Waals surface area contributed by atoms with Crippen molar-refractivity contribution in [1.82, 2.24) is 10.2 Å². The minimum atomic E-state index is -0.288. The van der Waals surface area contributed by atoms with Gasteiger partial charge < -0.3 is 10.2 Å². The van der Waals surface area contributed by atoms with Gasteiger partial charge in [0.2, 0.25) is 0 Å². The van der Waals surface area contributed by atoms with E-state index in [9.17, 15) is 9.18 Å².